The van der Waals surface area contributed by atoms with Crippen LogP contribution in [-0.4, -0.2) is 334 Å². The van der Waals surface area contributed by atoms with E-state index in [9.17, 15) is 78.8 Å². The van der Waals surface area contributed by atoms with Crippen molar-refractivity contribution >= 4 is 115 Å². The maximum Gasteiger partial charge on any atom is 0.191 e. The first-order valence-electron chi connectivity index (χ1n) is 72.3. The van der Waals surface area contributed by atoms with Crippen LogP contribution in [0.15, 0.2) is 93.1 Å². The number of thioether (sulfide) groups is 4. The Morgan fingerprint density at radius 3 is 0.861 bits per heavy atom. The lowest BCUT2D eigenvalue weighted by Crippen LogP contribution is -2.33. The molecule has 4 aromatic carbocycles. The summed E-state index contributed by atoms with van der Waals surface area (Å²) in [6, 6.07) is -24.2. The SMILES string of the molecule is [2H]c1c([2H])c([C@@H]2C[C@H]2Nc2nc(SC([2H])([2H])C([2H])([2H])C)nc3c2nnn3[C@]2([2H])C([2H])([2H])[C@]([2H])(OC([2H])([2H])C([2H])([2H])O)[C@@]([2H])(O)[C@@]2([2H])O)c([2H])c(F)c1C.[2H]c1c([2H])c([C@@H]2C[C@H]2Nc2nc(SC([2H])([2H])C([2H])([2H])C)nc3c2nnn3[C@]2([2H])C([2H])([2H])[C@]([2H])(OC([2H])([2H])CO)[C@@]([2H])(O)[C@@]2([2H])O)c([2H])c(F)c1C.[2H]c1c([2H])c([C@@H]2C[C@H]2Nc2nc(SC([2H])([2H])C([2H])([2H])C)nc3c2nnn3[C@]2([2H])C([2H])([2H])[C@]([2H])(OCC([2H])([2H])O)[C@@]([2H])(O)[C@@]2([2H])O)c([2H])c(F)c1C.[2H]c1c([2H])c([C@@H]2C[C@H]2Nc2nc(SC([2H])([2H])C([2H])([2H])C)nc3c2nnn3[C@]2([2H])C([2H])([2H])[C@]([2H])(OCCO)[C@@]([2H])(O)[C@@]2([2H])O)c([2H])c(F)c1C. The lowest BCUT2D eigenvalue weighted by atomic mass is 10.1. The van der Waals surface area contributed by atoms with Crippen LogP contribution in [0.1, 0.15) is 279 Å². The molecule has 776 valence electrons. The van der Waals surface area contributed by atoms with E-state index in [2.05, 4.69) is 112 Å². The van der Waals surface area contributed by atoms with E-state index >= 15 is 0 Å². The standard InChI is InChI=1S/4C24H31FN6O4S/c4*1-3-8-36-24-27-22(26-16-10-14(16)13-5-4-12(2)15(25)9-13)19-23(28-24)31(30-29-19)17-11-18(35-7-6-32)21(34)20(17)33/h4*4-5,9,14,16-18,20-21,32-34H,3,6-8,10-11H2,1-2H3,(H,26,27,28)/t4*14-,16+,17+,18-,20-,21+/m0000/s1/i3D2,4D,5D,6D2,7D2,8D2,9D,11D2,17D,18D,20D,21D;3D2,4D,5D,7D2,8D2,9D,11D2,17D,18D,20D,21D;3D2,4D,5D,6D2,8D2,9D,11D2,17D,18D,20D,21D;3D2,4D,5D,8D2,9D,11D2,17D,18D,20D,21D. The second-order valence-electron chi connectivity index (χ2n) is 31.0. The summed E-state index contributed by atoms with van der Waals surface area (Å²) in [5, 5.41) is 166. The molecule has 8 saturated carbocycles. The summed E-state index contributed by atoms with van der Waals surface area (Å²) >= 11 is 0.431. The molecule has 0 spiro atoms. The molecule has 0 bridgehead atoms. The smallest absolute Gasteiger partial charge is 0.191 e. The van der Waals surface area contributed by atoms with Crippen LogP contribution in [0.5, 0.6) is 0 Å². The molecule has 8 heterocycles. The van der Waals surface area contributed by atoms with Gasteiger partial charge >= 0.3 is 0 Å². The van der Waals surface area contributed by atoms with Gasteiger partial charge in [-0.05, 0) is 148 Å². The van der Waals surface area contributed by atoms with E-state index in [1.54, 1.807) is 0 Å². The number of rotatable bonds is 40. The first-order valence-corrected chi connectivity index (χ1v) is 45.6. The number of fused-ring (bicyclic) bond motifs is 4. The van der Waals surface area contributed by atoms with Gasteiger partial charge in [0.15, 0.2) is 88.6 Å². The summed E-state index contributed by atoms with van der Waals surface area (Å²) in [5.74, 6) is -8.41. The van der Waals surface area contributed by atoms with Crippen molar-refractivity contribution in [2.24, 2.45) is 0 Å². The van der Waals surface area contributed by atoms with Crippen LogP contribution >= 0.6 is 47.0 Å². The molecule has 8 aromatic heterocycles. The highest BCUT2D eigenvalue weighted by molar-refractivity contribution is 7.99. The highest BCUT2D eigenvalue weighted by Crippen LogP contribution is 2.50. The summed E-state index contributed by atoms with van der Waals surface area (Å²) < 4.78 is 573. The molecule has 16 N–H and O–H groups in total. The topological polar surface area (TPSA) is 554 Å². The molecule has 0 aliphatic heterocycles. The lowest BCUT2D eigenvalue weighted by molar-refractivity contribution is -0.0629. The summed E-state index contributed by atoms with van der Waals surface area (Å²) in [4.78, 5) is 32.9. The van der Waals surface area contributed by atoms with Gasteiger partial charge in [-0.25, -0.2) is 76.2 Å². The zero-order valence-corrected chi connectivity index (χ0v) is 78.6. The molecule has 0 radical (unpaired) electrons. The van der Waals surface area contributed by atoms with Gasteiger partial charge in [-0.1, -0.05) is 144 Å². The third kappa shape index (κ3) is 23.8. The molecule has 0 saturated heterocycles. The van der Waals surface area contributed by atoms with Crippen LogP contribution in [0, 0.1) is 51.0 Å². The average Bonchev–Trinajstić information content (AvgIpc) is 1.49. The van der Waals surface area contributed by atoms with Crippen molar-refractivity contribution in [2.45, 2.75) is 298 Å². The Bertz CT molecular complexity index is 9700. The number of aliphatic hydroxyl groups is 12. The number of aromatic nitrogens is 20. The minimum Gasteiger partial charge on any atom is -0.394 e. The molecule has 8 aliphatic rings. The van der Waals surface area contributed by atoms with Crippen molar-refractivity contribution < 1.29 is 180 Å². The number of hydrogen-bond acceptors (Lipinski definition) is 40. The molecule has 0 amide bonds. The third-order valence-corrected chi connectivity index (χ3v) is 24.0. The van der Waals surface area contributed by atoms with Gasteiger partial charge in [-0.3, -0.25) is 0 Å². The number of anilines is 4. The van der Waals surface area contributed by atoms with E-state index in [4.69, 9.17) is 91.7 Å². The molecule has 8 fully saturated rings. The Kier molecular flexibility index (Phi) is 17.8. The Labute approximate surface area is 928 Å². The van der Waals surface area contributed by atoms with Gasteiger partial charge in [-0.15, -0.1) is 20.4 Å². The van der Waals surface area contributed by atoms with Crippen LogP contribution in [0.3, 0.4) is 0 Å². The van der Waals surface area contributed by atoms with Crippen LogP contribution in [0.25, 0.3) is 44.7 Å². The van der Waals surface area contributed by atoms with E-state index < -0.39 is 432 Å². The predicted molar refractivity (Wildman–Crippen MR) is 530 cm³/mol. The van der Waals surface area contributed by atoms with E-state index in [0.717, 1.165) is 27.7 Å². The molecular formula is C96H124F4N24O16S4. The second kappa shape index (κ2) is 47.3. The Morgan fingerprint density at radius 2 is 0.618 bits per heavy atom. The third-order valence-electron chi connectivity index (χ3n) is 21.3. The summed E-state index contributed by atoms with van der Waals surface area (Å²) in [6.07, 6.45) is -74.6. The van der Waals surface area contributed by atoms with E-state index in [1.165, 1.54) is 27.7 Å². The normalized spacial score (nSPS) is 44.4. The Balaban J connectivity index is 0.000000176. The maximum atomic E-state index is 14.7. The zero-order valence-electron chi connectivity index (χ0n) is 135. The summed E-state index contributed by atoms with van der Waals surface area (Å²) in [5.41, 5.74) is -17.4. The van der Waals surface area contributed by atoms with Crippen molar-refractivity contribution in [3.8, 4) is 0 Å². The van der Waals surface area contributed by atoms with Gasteiger partial charge in [0.25, 0.3) is 0 Å². The van der Waals surface area contributed by atoms with E-state index in [-0.39, 0.29) is 159 Å². The average molecular weight is 2130 g/mol. The number of benzene rings is 4. The fraction of sp³-hybridized carbons (Fsp3) is 0.583. The fourth-order valence-corrected chi connectivity index (χ4v) is 15.8. The molecular weight excluding hydrogens is 1950 g/mol. The first-order chi connectivity index (χ1) is 91.7. The molecule has 24 atom stereocenters. The highest BCUT2D eigenvalue weighted by atomic mass is 32.2. The number of halogens is 4. The summed E-state index contributed by atoms with van der Waals surface area (Å²) in [6.45, 7) is -10.9. The summed E-state index contributed by atoms with van der Waals surface area (Å²) in [7, 11) is 0. The monoisotopic (exact) mass is 2130 g/mol. The van der Waals surface area contributed by atoms with Gasteiger partial charge in [-0.2, -0.15) is 0 Å². The Hall–Kier alpha value is -9.52. The largest absolute Gasteiger partial charge is 0.394 e. The first kappa shape index (κ1) is 54.1. The van der Waals surface area contributed by atoms with Crippen LogP contribution in [-0.2, 0) is 18.9 Å². The van der Waals surface area contributed by atoms with Gasteiger partial charge in [0.05, 0.1) is 150 Å². The van der Waals surface area contributed by atoms with Gasteiger partial charge in [0.2, 0.25) is 0 Å². The predicted octanol–water partition coefficient (Wildman–Crippen LogP) is 8.73. The fourth-order valence-electron chi connectivity index (χ4n) is 13.9. The number of aliphatic hydroxyl groups excluding tert-OH is 2. The van der Waals surface area contributed by atoms with Crippen molar-refractivity contribution in [2.75, 3.05) is 96.8 Å². The molecule has 20 rings (SSSR count). The zero-order chi connectivity index (χ0) is 155. The van der Waals surface area contributed by atoms with Gasteiger partial charge < -0.3 is 101 Å². The lowest BCUT2D eigenvalue weighted by Gasteiger charge is -2.17. The molecule has 12 aromatic rings. The van der Waals surface area contributed by atoms with Crippen LogP contribution in [0.4, 0.5) is 40.8 Å². The van der Waals surface area contributed by atoms with E-state index in [1.807, 2.05) is 0 Å². The molecule has 48 heteroatoms. The number of nitrogens with zero attached hydrogens (tertiary/aromatic N) is 20. The van der Waals surface area contributed by atoms with Crippen molar-refractivity contribution in [1.82, 2.24) is 99.8 Å². The van der Waals surface area contributed by atoms with Crippen molar-refractivity contribution in [3.05, 3.63) is 140 Å². The molecule has 40 nitrogen and oxygen atoms in total. The maximum absolute atomic E-state index is 14.7. The molecule has 144 heavy (non-hydrogen) atoms. The second-order valence-corrected chi connectivity index (χ2v) is 34.0. The minimum atomic E-state index is -4.41. The number of ether oxygens (including phenoxy) is 4. The number of nitrogens with one attached hydrogen (secondary N) is 4. The number of hydrogen-bond donors (Lipinski definition) is 16. The molecule has 0 unspecified atom stereocenters. The van der Waals surface area contributed by atoms with Crippen molar-refractivity contribution in [3.63, 3.8) is 0 Å². The van der Waals surface area contributed by atoms with Gasteiger partial charge in [0.1, 0.15) is 71.9 Å². The van der Waals surface area contributed by atoms with Crippen molar-refractivity contribution in [1.29, 1.82) is 0 Å². The minimum absolute atomic E-state index is 0.0132. The highest BCUT2D eigenvalue weighted by Gasteiger charge is 2.51. The Morgan fingerprint density at radius 1 is 0.361 bits per heavy atom. The van der Waals surface area contributed by atoms with Crippen LogP contribution in [0.2, 0.25) is 0 Å². The van der Waals surface area contributed by atoms with Crippen LogP contribution < -0.4 is 21.3 Å². The molecule has 8 aliphatic carbocycles. The van der Waals surface area contributed by atoms with Gasteiger partial charge in [0, 0.05) is 129 Å². The van der Waals surface area contributed by atoms with E-state index in [0.29, 0.717) is 0 Å². The quantitative estimate of drug-likeness (QED) is 0.00969.